The molecule has 2 aliphatic heterocycles. The summed E-state index contributed by atoms with van der Waals surface area (Å²) in [6.45, 7) is 2.07. The van der Waals surface area contributed by atoms with Gasteiger partial charge in [-0.3, -0.25) is 14.5 Å². The van der Waals surface area contributed by atoms with E-state index in [9.17, 15) is 19.8 Å². The predicted octanol–water partition coefficient (Wildman–Crippen LogP) is 1.44. The fourth-order valence-corrected chi connectivity index (χ4v) is 6.11. The number of nitrogens with zero attached hydrogens (tertiary/aromatic N) is 5. The number of likely N-dealkylation sites (tertiary alicyclic amines) is 1. The minimum Gasteiger partial charge on any atom is -0.480 e. The highest BCUT2D eigenvalue weighted by Gasteiger charge is 2.42. The van der Waals surface area contributed by atoms with Crippen molar-refractivity contribution in [3.05, 3.63) is 41.7 Å². The van der Waals surface area contributed by atoms with Crippen LogP contribution in [0.25, 0.3) is 0 Å². The van der Waals surface area contributed by atoms with E-state index in [1.165, 1.54) is 0 Å². The molecular weight excluding hydrogens is 436 g/mol. The standard InChI is InChI=1S/C24H32N6O4/c31-23(32)20-10-18-8-16(6-7-17(18)12-25-20)13-29-14-19(11-21(29)24(33)34)30-27-22(26-28-30)9-15-4-2-1-3-5-15/h1-5,16-21,25H,6-14H2,(H,31,32)(H,33,34). The number of nitrogens with one attached hydrogen (secondary N) is 1. The molecule has 6 unspecified atom stereocenters. The van der Waals surface area contributed by atoms with Crippen LogP contribution >= 0.6 is 0 Å². The number of benzene rings is 1. The molecule has 10 nitrogen and oxygen atoms in total. The number of aromatic nitrogens is 4. The molecule has 2 aromatic rings. The van der Waals surface area contributed by atoms with E-state index in [1.54, 1.807) is 4.80 Å². The number of aliphatic carboxylic acids is 2. The van der Waals surface area contributed by atoms with Gasteiger partial charge in [-0.2, -0.15) is 4.80 Å². The van der Waals surface area contributed by atoms with E-state index < -0.39 is 24.0 Å². The summed E-state index contributed by atoms with van der Waals surface area (Å²) in [6, 6.07) is 8.82. The van der Waals surface area contributed by atoms with Crippen molar-refractivity contribution < 1.29 is 19.8 Å². The molecule has 1 aliphatic carbocycles. The van der Waals surface area contributed by atoms with E-state index in [0.717, 1.165) is 31.4 Å². The summed E-state index contributed by atoms with van der Waals surface area (Å²) in [5.41, 5.74) is 1.11. The topological polar surface area (TPSA) is 133 Å². The molecule has 3 fully saturated rings. The van der Waals surface area contributed by atoms with Crippen molar-refractivity contribution in [2.24, 2.45) is 17.8 Å². The van der Waals surface area contributed by atoms with Crippen LogP contribution in [0.1, 0.15) is 49.5 Å². The average Bonchev–Trinajstić information content (AvgIpc) is 3.46. The van der Waals surface area contributed by atoms with E-state index in [4.69, 9.17) is 0 Å². The van der Waals surface area contributed by atoms with Crippen LogP contribution in [0, 0.1) is 17.8 Å². The monoisotopic (exact) mass is 468 g/mol. The minimum atomic E-state index is -0.811. The third kappa shape index (κ3) is 4.97. The molecule has 0 bridgehead atoms. The van der Waals surface area contributed by atoms with E-state index in [1.807, 2.05) is 30.3 Å². The van der Waals surface area contributed by atoms with Gasteiger partial charge >= 0.3 is 11.9 Å². The van der Waals surface area contributed by atoms with Crippen LogP contribution in [-0.2, 0) is 16.0 Å². The fourth-order valence-electron chi connectivity index (χ4n) is 6.11. The summed E-state index contributed by atoms with van der Waals surface area (Å²) in [4.78, 5) is 27.1. The first-order valence-corrected chi connectivity index (χ1v) is 12.2. The van der Waals surface area contributed by atoms with Crippen LogP contribution in [0.3, 0.4) is 0 Å². The number of carbonyl (C=O) groups is 2. The highest BCUT2D eigenvalue weighted by atomic mass is 16.4. The quantitative estimate of drug-likeness (QED) is 0.552. The molecule has 34 heavy (non-hydrogen) atoms. The summed E-state index contributed by atoms with van der Waals surface area (Å²) in [5, 5.41) is 35.4. The Bertz CT molecular complexity index is 1010. The zero-order chi connectivity index (χ0) is 23.7. The lowest BCUT2D eigenvalue weighted by Gasteiger charge is -2.42. The van der Waals surface area contributed by atoms with Gasteiger partial charge in [-0.15, -0.1) is 10.2 Å². The SMILES string of the molecule is O=C(O)C1CC2CC(CN3CC(n4nnc(Cc5ccccc5)n4)CC3C(=O)O)CCC2CN1. The van der Waals surface area contributed by atoms with Crippen LogP contribution in [0.2, 0.25) is 0 Å². The first-order valence-electron chi connectivity index (χ1n) is 12.2. The maximum absolute atomic E-state index is 12.0. The second kappa shape index (κ2) is 9.79. The van der Waals surface area contributed by atoms with Gasteiger partial charge < -0.3 is 15.5 Å². The largest absolute Gasteiger partial charge is 0.480 e. The highest BCUT2D eigenvalue weighted by Crippen LogP contribution is 2.40. The number of carboxylic acids is 2. The maximum Gasteiger partial charge on any atom is 0.321 e. The second-order valence-electron chi connectivity index (χ2n) is 10.1. The van der Waals surface area contributed by atoms with Crippen molar-refractivity contribution in [2.45, 2.75) is 56.7 Å². The molecule has 0 spiro atoms. The molecule has 0 amide bonds. The molecule has 182 valence electrons. The third-order valence-corrected chi connectivity index (χ3v) is 7.87. The number of hydrogen-bond donors (Lipinski definition) is 3. The van der Waals surface area contributed by atoms with Crippen LogP contribution in [0.4, 0.5) is 0 Å². The van der Waals surface area contributed by atoms with Gasteiger partial charge in [0.15, 0.2) is 5.82 Å². The Kier molecular flexibility index (Phi) is 6.60. The van der Waals surface area contributed by atoms with E-state index in [2.05, 4.69) is 25.6 Å². The van der Waals surface area contributed by atoms with Crippen molar-refractivity contribution in [2.75, 3.05) is 19.6 Å². The predicted molar refractivity (Wildman–Crippen MR) is 122 cm³/mol. The molecule has 1 aromatic heterocycles. The Morgan fingerprint density at radius 2 is 1.85 bits per heavy atom. The summed E-state index contributed by atoms with van der Waals surface area (Å²) >= 11 is 0. The number of fused-ring (bicyclic) bond motifs is 1. The van der Waals surface area contributed by atoms with Crippen molar-refractivity contribution >= 4 is 11.9 Å². The number of hydrogen-bond acceptors (Lipinski definition) is 7. The van der Waals surface area contributed by atoms with Crippen molar-refractivity contribution in [1.29, 1.82) is 0 Å². The number of carboxylic acid groups (broad SMARTS) is 2. The van der Waals surface area contributed by atoms with Crippen LogP contribution < -0.4 is 5.32 Å². The fraction of sp³-hybridized carbons (Fsp3) is 0.625. The average molecular weight is 469 g/mol. The van der Waals surface area contributed by atoms with Gasteiger partial charge in [0.25, 0.3) is 0 Å². The zero-order valence-corrected chi connectivity index (χ0v) is 19.2. The Hall–Kier alpha value is -2.85. The first kappa shape index (κ1) is 22.9. The van der Waals surface area contributed by atoms with E-state index in [0.29, 0.717) is 55.9 Å². The summed E-state index contributed by atoms with van der Waals surface area (Å²) in [6.07, 6.45) is 4.80. The molecule has 3 N–H and O–H groups in total. The second-order valence-corrected chi connectivity index (χ2v) is 10.1. The van der Waals surface area contributed by atoms with Gasteiger partial charge in [-0.25, -0.2) is 0 Å². The summed E-state index contributed by atoms with van der Waals surface area (Å²) < 4.78 is 0. The zero-order valence-electron chi connectivity index (χ0n) is 19.2. The van der Waals surface area contributed by atoms with E-state index >= 15 is 0 Å². The number of tetrazole rings is 1. The first-order chi connectivity index (χ1) is 16.5. The summed E-state index contributed by atoms with van der Waals surface area (Å²) in [5.74, 6) is 0.339. The van der Waals surface area contributed by atoms with Crippen LogP contribution in [0.5, 0.6) is 0 Å². The van der Waals surface area contributed by atoms with Crippen molar-refractivity contribution in [3.63, 3.8) is 0 Å². The third-order valence-electron chi connectivity index (χ3n) is 7.87. The number of rotatable bonds is 7. The normalized spacial score (nSPS) is 31.8. The number of piperidine rings is 1. The van der Waals surface area contributed by atoms with Gasteiger partial charge in [-0.05, 0) is 67.2 Å². The van der Waals surface area contributed by atoms with Gasteiger partial charge in [0.1, 0.15) is 12.1 Å². The molecule has 2 saturated heterocycles. The van der Waals surface area contributed by atoms with Gasteiger partial charge in [0.2, 0.25) is 0 Å². The lowest BCUT2D eigenvalue weighted by Crippen LogP contribution is -2.50. The van der Waals surface area contributed by atoms with Crippen molar-refractivity contribution in [1.82, 2.24) is 30.4 Å². The molecule has 10 heteroatoms. The maximum atomic E-state index is 12.0. The Morgan fingerprint density at radius 1 is 1.03 bits per heavy atom. The molecular formula is C24H32N6O4. The molecule has 5 rings (SSSR count). The summed E-state index contributed by atoms with van der Waals surface area (Å²) in [7, 11) is 0. The van der Waals surface area contributed by atoms with Crippen LogP contribution in [0.15, 0.2) is 30.3 Å². The van der Waals surface area contributed by atoms with Gasteiger partial charge in [0, 0.05) is 19.5 Å². The molecule has 0 radical (unpaired) electrons. The molecule has 1 aromatic carbocycles. The Balaban J connectivity index is 1.21. The Labute approximate surface area is 198 Å². The molecule has 6 atom stereocenters. The highest BCUT2D eigenvalue weighted by molar-refractivity contribution is 5.74. The van der Waals surface area contributed by atoms with Gasteiger partial charge in [0.05, 0.1) is 6.04 Å². The molecule has 1 saturated carbocycles. The van der Waals surface area contributed by atoms with Gasteiger partial charge in [-0.1, -0.05) is 30.3 Å². The minimum absolute atomic E-state index is 0.121. The smallest absolute Gasteiger partial charge is 0.321 e. The lowest BCUT2D eigenvalue weighted by atomic mass is 9.69. The van der Waals surface area contributed by atoms with Crippen molar-refractivity contribution in [3.8, 4) is 0 Å². The van der Waals surface area contributed by atoms with Crippen LogP contribution in [-0.4, -0.2) is 79.0 Å². The Morgan fingerprint density at radius 3 is 2.62 bits per heavy atom. The molecule has 3 aliphatic rings. The lowest BCUT2D eigenvalue weighted by molar-refractivity contribution is -0.143. The molecule has 3 heterocycles. The van der Waals surface area contributed by atoms with E-state index in [-0.39, 0.29) is 6.04 Å².